The highest BCUT2D eigenvalue weighted by Gasteiger charge is 2.36. The van der Waals surface area contributed by atoms with Crippen molar-refractivity contribution in [3.8, 4) is 0 Å². The van der Waals surface area contributed by atoms with Gasteiger partial charge in [0.25, 0.3) is 15.0 Å². The minimum Gasteiger partial charge on any atom is -0.349 e. The SMILES string of the molecule is CCC1CC1NC(=O)c1cc(F)c(Br)c(S(=O)(=O)Cl)c1. The molecule has 4 nitrogen and oxygen atoms in total. The molecule has 1 N–H and O–H groups in total. The van der Waals surface area contributed by atoms with Crippen molar-refractivity contribution in [2.24, 2.45) is 5.92 Å². The van der Waals surface area contributed by atoms with Crippen LogP contribution in [0.2, 0.25) is 0 Å². The van der Waals surface area contributed by atoms with E-state index >= 15 is 0 Å². The Kier molecular flexibility index (Phi) is 4.41. The third kappa shape index (κ3) is 3.32. The Bertz CT molecular complexity index is 665. The fraction of sp³-hybridized carbons (Fsp3) is 0.417. The summed E-state index contributed by atoms with van der Waals surface area (Å²) < 4.78 is 36.1. The third-order valence-electron chi connectivity index (χ3n) is 3.28. The molecule has 2 unspecified atom stereocenters. The van der Waals surface area contributed by atoms with E-state index in [1.807, 2.05) is 6.92 Å². The lowest BCUT2D eigenvalue weighted by molar-refractivity contribution is 0.0948. The van der Waals surface area contributed by atoms with E-state index in [-0.39, 0.29) is 16.1 Å². The van der Waals surface area contributed by atoms with Crippen LogP contribution >= 0.6 is 26.6 Å². The number of hydrogen-bond acceptors (Lipinski definition) is 3. The summed E-state index contributed by atoms with van der Waals surface area (Å²) in [6, 6.07) is 2.12. The summed E-state index contributed by atoms with van der Waals surface area (Å²) in [7, 11) is 1.09. The molecule has 2 rings (SSSR count). The zero-order valence-corrected chi connectivity index (χ0v) is 13.6. The molecule has 1 fully saturated rings. The lowest BCUT2D eigenvalue weighted by Crippen LogP contribution is -2.27. The molecule has 0 bridgehead atoms. The summed E-state index contributed by atoms with van der Waals surface area (Å²) in [5, 5.41) is 2.74. The Balaban J connectivity index is 2.29. The van der Waals surface area contributed by atoms with Gasteiger partial charge in [0.1, 0.15) is 10.7 Å². The first-order chi connectivity index (χ1) is 9.24. The molecule has 0 radical (unpaired) electrons. The van der Waals surface area contributed by atoms with Crippen molar-refractivity contribution in [3.05, 3.63) is 28.0 Å². The van der Waals surface area contributed by atoms with E-state index < -0.39 is 25.7 Å². The normalized spacial score (nSPS) is 21.6. The fourth-order valence-corrected chi connectivity index (χ4v) is 4.09. The molecule has 0 aliphatic heterocycles. The van der Waals surface area contributed by atoms with Crippen molar-refractivity contribution < 1.29 is 17.6 Å². The van der Waals surface area contributed by atoms with Crippen LogP contribution in [-0.2, 0) is 9.05 Å². The molecule has 1 saturated carbocycles. The Labute approximate surface area is 129 Å². The highest BCUT2D eigenvalue weighted by molar-refractivity contribution is 9.10. The Hall–Kier alpha value is -0.660. The molecular weight excluding hydrogens is 373 g/mol. The Morgan fingerprint density at radius 1 is 1.55 bits per heavy atom. The molecule has 0 heterocycles. The number of hydrogen-bond donors (Lipinski definition) is 1. The summed E-state index contributed by atoms with van der Waals surface area (Å²) in [4.78, 5) is 11.5. The number of halogens is 3. The number of nitrogens with one attached hydrogen (secondary N) is 1. The van der Waals surface area contributed by atoms with Gasteiger partial charge in [0, 0.05) is 22.3 Å². The first-order valence-corrected chi connectivity index (χ1v) is 9.08. The zero-order chi connectivity index (χ0) is 15.1. The zero-order valence-electron chi connectivity index (χ0n) is 10.5. The molecule has 110 valence electrons. The van der Waals surface area contributed by atoms with Crippen LogP contribution in [0.5, 0.6) is 0 Å². The maximum absolute atomic E-state index is 13.7. The van der Waals surface area contributed by atoms with E-state index in [0.29, 0.717) is 5.92 Å². The van der Waals surface area contributed by atoms with E-state index in [1.54, 1.807) is 0 Å². The van der Waals surface area contributed by atoms with Gasteiger partial charge in [-0.25, -0.2) is 12.8 Å². The number of carbonyl (C=O) groups excluding carboxylic acids is 1. The smallest absolute Gasteiger partial charge is 0.262 e. The fourth-order valence-electron chi connectivity index (χ4n) is 2.00. The molecule has 1 amide bonds. The predicted octanol–water partition coefficient (Wildman–Crippen LogP) is 3.04. The molecule has 20 heavy (non-hydrogen) atoms. The number of benzene rings is 1. The molecule has 1 aliphatic rings. The number of rotatable bonds is 4. The van der Waals surface area contributed by atoms with Gasteiger partial charge in [-0.3, -0.25) is 4.79 Å². The van der Waals surface area contributed by atoms with Crippen molar-refractivity contribution in [2.75, 3.05) is 0 Å². The first-order valence-electron chi connectivity index (χ1n) is 5.98. The average molecular weight is 385 g/mol. The minimum atomic E-state index is -4.13. The summed E-state index contributed by atoms with van der Waals surface area (Å²) in [5.41, 5.74) is -0.0633. The van der Waals surface area contributed by atoms with Gasteiger partial charge in [-0.1, -0.05) is 13.3 Å². The topological polar surface area (TPSA) is 63.2 Å². The van der Waals surface area contributed by atoms with Crippen LogP contribution in [-0.4, -0.2) is 20.4 Å². The van der Waals surface area contributed by atoms with Crippen LogP contribution in [0.3, 0.4) is 0 Å². The molecule has 1 aliphatic carbocycles. The highest BCUT2D eigenvalue weighted by Crippen LogP contribution is 2.34. The number of carbonyl (C=O) groups is 1. The lowest BCUT2D eigenvalue weighted by atomic mass is 10.2. The second kappa shape index (κ2) is 5.61. The van der Waals surface area contributed by atoms with Crippen molar-refractivity contribution in [1.82, 2.24) is 5.32 Å². The minimum absolute atomic E-state index is 0.0633. The molecule has 0 saturated heterocycles. The largest absolute Gasteiger partial charge is 0.349 e. The molecule has 8 heteroatoms. The van der Waals surface area contributed by atoms with Gasteiger partial charge in [-0.05, 0) is 40.4 Å². The standard InChI is InChI=1S/C12H12BrClFNO3S/c1-2-6-4-9(6)16-12(17)7-3-8(15)11(13)10(5-7)20(14,18)19/h3,5-6,9H,2,4H2,1H3,(H,16,17). The Morgan fingerprint density at radius 2 is 2.20 bits per heavy atom. The van der Waals surface area contributed by atoms with Gasteiger partial charge < -0.3 is 5.32 Å². The molecule has 1 aromatic carbocycles. The molecule has 1 aromatic rings. The van der Waals surface area contributed by atoms with Gasteiger partial charge in [0.05, 0.1) is 4.47 Å². The summed E-state index contributed by atoms with van der Waals surface area (Å²) in [6.07, 6.45) is 1.85. The summed E-state index contributed by atoms with van der Waals surface area (Å²) >= 11 is 2.81. The molecule has 0 spiro atoms. The van der Waals surface area contributed by atoms with E-state index in [0.717, 1.165) is 25.0 Å². The third-order valence-corrected chi connectivity index (χ3v) is 5.70. The number of amides is 1. The van der Waals surface area contributed by atoms with E-state index in [4.69, 9.17) is 10.7 Å². The second-order valence-corrected chi connectivity index (χ2v) is 8.02. The van der Waals surface area contributed by atoms with Crippen LogP contribution in [0, 0.1) is 11.7 Å². The van der Waals surface area contributed by atoms with Crippen LogP contribution in [0.4, 0.5) is 4.39 Å². The molecule has 2 atom stereocenters. The van der Waals surface area contributed by atoms with Gasteiger partial charge in [-0.15, -0.1) is 0 Å². The predicted molar refractivity (Wildman–Crippen MR) is 76.8 cm³/mol. The van der Waals surface area contributed by atoms with Crippen molar-refractivity contribution in [1.29, 1.82) is 0 Å². The lowest BCUT2D eigenvalue weighted by Gasteiger charge is -2.08. The van der Waals surface area contributed by atoms with Crippen LogP contribution in [0.25, 0.3) is 0 Å². The Morgan fingerprint density at radius 3 is 2.70 bits per heavy atom. The molecular formula is C12H12BrClFNO3S. The van der Waals surface area contributed by atoms with Gasteiger partial charge in [-0.2, -0.15) is 0 Å². The van der Waals surface area contributed by atoms with Crippen molar-refractivity contribution in [3.63, 3.8) is 0 Å². The summed E-state index contributed by atoms with van der Waals surface area (Å²) in [6.45, 7) is 2.02. The van der Waals surface area contributed by atoms with Crippen LogP contribution in [0.1, 0.15) is 30.1 Å². The van der Waals surface area contributed by atoms with Crippen LogP contribution < -0.4 is 5.32 Å². The van der Waals surface area contributed by atoms with Crippen LogP contribution in [0.15, 0.2) is 21.5 Å². The average Bonchev–Trinajstić information content (AvgIpc) is 3.09. The summed E-state index contributed by atoms with van der Waals surface area (Å²) in [5.74, 6) is -0.908. The second-order valence-electron chi connectivity index (χ2n) is 4.69. The first kappa shape index (κ1) is 15.7. The van der Waals surface area contributed by atoms with Crippen molar-refractivity contribution >= 4 is 41.6 Å². The van der Waals surface area contributed by atoms with E-state index in [2.05, 4.69) is 21.2 Å². The molecule has 0 aromatic heterocycles. The van der Waals surface area contributed by atoms with Gasteiger partial charge in [0.15, 0.2) is 0 Å². The van der Waals surface area contributed by atoms with E-state index in [9.17, 15) is 17.6 Å². The maximum atomic E-state index is 13.7. The highest BCUT2D eigenvalue weighted by atomic mass is 79.9. The maximum Gasteiger partial charge on any atom is 0.262 e. The van der Waals surface area contributed by atoms with Gasteiger partial charge in [0.2, 0.25) is 0 Å². The van der Waals surface area contributed by atoms with Gasteiger partial charge >= 0.3 is 0 Å². The quantitative estimate of drug-likeness (QED) is 0.812. The van der Waals surface area contributed by atoms with E-state index in [1.165, 1.54) is 0 Å². The monoisotopic (exact) mass is 383 g/mol. The van der Waals surface area contributed by atoms with Crippen molar-refractivity contribution in [2.45, 2.75) is 30.7 Å².